The van der Waals surface area contributed by atoms with Gasteiger partial charge >= 0.3 is 0 Å². The van der Waals surface area contributed by atoms with Crippen molar-refractivity contribution >= 4 is 11.6 Å². The van der Waals surface area contributed by atoms with Gasteiger partial charge in [0, 0.05) is 30.3 Å². The van der Waals surface area contributed by atoms with Gasteiger partial charge in [-0.1, -0.05) is 0 Å². The van der Waals surface area contributed by atoms with E-state index in [0.717, 1.165) is 12.8 Å². The lowest BCUT2D eigenvalue weighted by molar-refractivity contribution is -0.384. The van der Waals surface area contributed by atoms with Crippen molar-refractivity contribution in [3.63, 3.8) is 0 Å². The van der Waals surface area contributed by atoms with Gasteiger partial charge in [-0.15, -0.1) is 0 Å². The van der Waals surface area contributed by atoms with Crippen LogP contribution in [-0.4, -0.2) is 23.4 Å². The maximum Gasteiger partial charge on any atom is 0.270 e. The minimum atomic E-state index is -0.495. The number of hydrogen-bond donors (Lipinski definition) is 2. The maximum absolute atomic E-state index is 12.1. The number of nitrogens with one attached hydrogen (secondary N) is 1. The average Bonchev–Trinajstić information content (AvgIpc) is 3.19. The Hall–Kier alpha value is -1.95. The summed E-state index contributed by atoms with van der Waals surface area (Å²) in [5, 5.41) is 13.6. The van der Waals surface area contributed by atoms with Gasteiger partial charge in [-0.3, -0.25) is 14.9 Å². The van der Waals surface area contributed by atoms with Gasteiger partial charge in [0.2, 0.25) is 0 Å². The molecule has 0 saturated heterocycles. The number of nitrogens with zero attached hydrogens (tertiary/aromatic N) is 1. The predicted octanol–water partition coefficient (Wildman–Crippen LogP) is 1.37. The number of carbonyl (C=O) groups excluding carboxylic acids is 1. The summed E-state index contributed by atoms with van der Waals surface area (Å²) in [5.74, 6) is 0.155. The third-order valence-corrected chi connectivity index (χ3v) is 3.30. The number of rotatable bonds is 5. The largest absolute Gasteiger partial charge is 0.348 e. The summed E-state index contributed by atoms with van der Waals surface area (Å²) in [6, 6.07) is 4.34. The molecule has 0 radical (unpaired) electrons. The van der Waals surface area contributed by atoms with Crippen molar-refractivity contribution in [3.8, 4) is 0 Å². The van der Waals surface area contributed by atoms with Crippen LogP contribution >= 0.6 is 0 Å². The van der Waals surface area contributed by atoms with E-state index in [1.807, 2.05) is 0 Å². The highest BCUT2D eigenvalue weighted by Crippen LogP contribution is 2.32. The Morgan fingerprint density at radius 1 is 1.53 bits per heavy atom. The fourth-order valence-electron chi connectivity index (χ4n) is 2.12. The Morgan fingerprint density at radius 3 is 2.74 bits per heavy atom. The van der Waals surface area contributed by atoms with Crippen LogP contribution in [-0.2, 0) is 0 Å². The third kappa shape index (κ3) is 3.29. The van der Waals surface area contributed by atoms with Gasteiger partial charge in [-0.25, -0.2) is 0 Å². The van der Waals surface area contributed by atoms with Crippen LogP contribution in [0.5, 0.6) is 0 Å². The molecule has 6 heteroatoms. The second-order valence-corrected chi connectivity index (χ2v) is 4.97. The Labute approximate surface area is 111 Å². The Balaban J connectivity index is 2.15. The smallest absolute Gasteiger partial charge is 0.270 e. The Bertz CT molecular complexity index is 512. The number of carbonyl (C=O) groups is 1. The second kappa shape index (κ2) is 5.36. The number of non-ortho nitro benzene ring substituents is 1. The van der Waals surface area contributed by atoms with Crippen LogP contribution in [0.4, 0.5) is 5.69 Å². The van der Waals surface area contributed by atoms with Gasteiger partial charge in [-0.2, -0.15) is 0 Å². The molecule has 1 amide bonds. The molecule has 2 rings (SSSR count). The van der Waals surface area contributed by atoms with Crippen molar-refractivity contribution < 1.29 is 9.72 Å². The monoisotopic (exact) mass is 263 g/mol. The zero-order valence-corrected chi connectivity index (χ0v) is 10.8. The first kappa shape index (κ1) is 13.5. The third-order valence-electron chi connectivity index (χ3n) is 3.30. The molecule has 19 heavy (non-hydrogen) atoms. The van der Waals surface area contributed by atoms with E-state index in [9.17, 15) is 14.9 Å². The lowest BCUT2D eigenvalue weighted by Gasteiger charge is -2.16. The molecule has 0 heterocycles. The lowest BCUT2D eigenvalue weighted by Crippen LogP contribution is -2.41. The number of benzene rings is 1. The molecular weight excluding hydrogens is 246 g/mol. The van der Waals surface area contributed by atoms with Crippen LogP contribution in [0.1, 0.15) is 28.8 Å². The molecule has 1 aliphatic carbocycles. The summed E-state index contributed by atoms with van der Waals surface area (Å²) in [4.78, 5) is 22.4. The van der Waals surface area contributed by atoms with E-state index >= 15 is 0 Å². The fourth-order valence-corrected chi connectivity index (χ4v) is 2.12. The highest BCUT2D eigenvalue weighted by atomic mass is 16.6. The van der Waals surface area contributed by atoms with Crippen molar-refractivity contribution in [3.05, 3.63) is 39.4 Å². The van der Waals surface area contributed by atoms with E-state index in [1.165, 1.54) is 12.1 Å². The predicted molar refractivity (Wildman–Crippen MR) is 70.9 cm³/mol. The van der Waals surface area contributed by atoms with Crippen molar-refractivity contribution in [1.82, 2.24) is 5.32 Å². The molecule has 1 aliphatic rings. The second-order valence-electron chi connectivity index (χ2n) is 4.97. The summed E-state index contributed by atoms with van der Waals surface area (Å²) >= 11 is 0. The quantitative estimate of drug-likeness (QED) is 0.619. The van der Waals surface area contributed by atoms with E-state index in [0.29, 0.717) is 23.6 Å². The molecule has 6 nitrogen and oxygen atoms in total. The highest BCUT2D eigenvalue weighted by Gasteiger charge is 2.31. The van der Waals surface area contributed by atoms with E-state index < -0.39 is 4.92 Å². The molecule has 102 valence electrons. The van der Waals surface area contributed by atoms with Crippen molar-refractivity contribution in [2.45, 2.75) is 25.8 Å². The van der Waals surface area contributed by atoms with E-state index in [4.69, 9.17) is 5.73 Å². The Morgan fingerprint density at radius 2 is 2.21 bits per heavy atom. The van der Waals surface area contributed by atoms with E-state index in [1.54, 1.807) is 13.0 Å². The lowest BCUT2D eigenvalue weighted by atomic mass is 10.1. The summed E-state index contributed by atoms with van der Waals surface area (Å²) in [5.41, 5.74) is 6.56. The molecule has 0 aromatic heterocycles. The minimum Gasteiger partial charge on any atom is -0.348 e. The van der Waals surface area contributed by atoms with Crippen LogP contribution in [0.25, 0.3) is 0 Å². The molecule has 0 spiro atoms. The molecule has 1 unspecified atom stereocenters. The van der Waals surface area contributed by atoms with Crippen molar-refractivity contribution in [1.29, 1.82) is 0 Å². The fraction of sp³-hybridized carbons (Fsp3) is 0.462. The van der Waals surface area contributed by atoms with Gasteiger partial charge in [-0.05, 0) is 37.3 Å². The average molecular weight is 263 g/mol. The highest BCUT2D eigenvalue weighted by molar-refractivity contribution is 5.95. The van der Waals surface area contributed by atoms with Crippen LogP contribution in [0, 0.1) is 23.0 Å². The first-order valence-electron chi connectivity index (χ1n) is 6.28. The molecule has 1 aromatic carbocycles. The van der Waals surface area contributed by atoms with Crippen LogP contribution in [0.2, 0.25) is 0 Å². The maximum atomic E-state index is 12.1. The number of nitro groups is 1. The summed E-state index contributed by atoms with van der Waals surface area (Å²) in [6.07, 6.45) is 2.16. The Kier molecular flexibility index (Phi) is 3.80. The number of amides is 1. The van der Waals surface area contributed by atoms with Gasteiger partial charge in [0.05, 0.1) is 4.92 Å². The summed E-state index contributed by atoms with van der Waals surface area (Å²) in [6.45, 7) is 2.12. The number of nitrogens with two attached hydrogens (primary N) is 1. The van der Waals surface area contributed by atoms with Gasteiger partial charge < -0.3 is 11.1 Å². The number of hydrogen-bond acceptors (Lipinski definition) is 4. The first-order chi connectivity index (χ1) is 9.01. The number of nitro benzene ring substituents is 1. The SMILES string of the molecule is Cc1cc(C(=O)NC(CN)C2CC2)cc([N+](=O)[O-])c1. The summed E-state index contributed by atoms with van der Waals surface area (Å²) in [7, 11) is 0. The molecule has 3 N–H and O–H groups in total. The number of aryl methyl sites for hydroxylation is 1. The minimum absolute atomic E-state index is 0.0351. The standard InChI is InChI=1S/C13H17N3O3/c1-8-4-10(6-11(5-8)16(18)19)13(17)15-12(7-14)9-2-3-9/h4-6,9,12H,2-3,7,14H2,1H3,(H,15,17). The molecule has 0 bridgehead atoms. The van der Waals surface area contributed by atoms with Gasteiger partial charge in [0.1, 0.15) is 0 Å². The van der Waals surface area contributed by atoms with Crippen molar-refractivity contribution in [2.75, 3.05) is 6.54 Å². The van der Waals surface area contributed by atoms with Crippen LogP contribution < -0.4 is 11.1 Å². The zero-order valence-electron chi connectivity index (χ0n) is 10.8. The molecule has 1 fully saturated rings. The normalized spacial score (nSPS) is 15.9. The van der Waals surface area contributed by atoms with Gasteiger partial charge in [0.25, 0.3) is 11.6 Å². The van der Waals surface area contributed by atoms with Crippen molar-refractivity contribution in [2.24, 2.45) is 11.7 Å². The molecule has 1 saturated carbocycles. The molecule has 1 aromatic rings. The zero-order chi connectivity index (χ0) is 14.0. The van der Waals surface area contributed by atoms with Crippen LogP contribution in [0.3, 0.4) is 0 Å². The molecular formula is C13H17N3O3. The van der Waals surface area contributed by atoms with E-state index in [-0.39, 0.29) is 17.6 Å². The van der Waals surface area contributed by atoms with Crippen LogP contribution in [0.15, 0.2) is 18.2 Å². The molecule has 0 aliphatic heterocycles. The first-order valence-corrected chi connectivity index (χ1v) is 6.28. The van der Waals surface area contributed by atoms with E-state index in [2.05, 4.69) is 5.32 Å². The molecule has 1 atom stereocenters. The summed E-state index contributed by atoms with van der Waals surface area (Å²) < 4.78 is 0. The topological polar surface area (TPSA) is 98.3 Å². The van der Waals surface area contributed by atoms with Gasteiger partial charge in [0.15, 0.2) is 0 Å².